The molecule has 0 spiro atoms. The highest BCUT2D eigenvalue weighted by Gasteiger charge is 2.09. The van der Waals surface area contributed by atoms with Gasteiger partial charge in [0.25, 0.3) is 0 Å². The molecule has 0 unspecified atom stereocenters. The van der Waals surface area contributed by atoms with E-state index >= 15 is 0 Å². The summed E-state index contributed by atoms with van der Waals surface area (Å²) in [5.41, 5.74) is 1.21. The van der Waals surface area contributed by atoms with Crippen LogP contribution in [0, 0.1) is 0 Å². The monoisotopic (exact) mass is 464 g/mol. The van der Waals surface area contributed by atoms with Gasteiger partial charge in [-0.2, -0.15) is 0 Å². The van der Waals surface area contributed by atoms with Crippen LogP contribution in [-0.4, -0.2) is 44.2 Å². The van der Waals surface area contributed by atoms with Crippen molar-refractivity contribution in [2.75, 3.05) is 38.7 Å². The quantitative estimate of drug-likeness (QED) is 0.382. The Hall–Kier alpha value is -2.21. The van der Waals surface area contributed by atoms with Gasteiger partial charge in [-0.3, -0.25) is 9.69 Å². The maximum atomic E-state index is 12.4. The number of rotatable bonds is 12. The zero-order chi connectivity index (χ0) is 22.6. The van der Waals surface area contributed by atoms with Crippen molar-refractivity contribution in [3.8, 4) is 11.5 Å². The van der Waals surface area contributed by atoms with Gasteiger partial charge in [0.2, 0.25) is 5.91 Å². The third kappa shape index (κ3) is 8.09. The van der Waals surface area contributed by atoms with E-state index in [0.29, 0.717) is 39.4 Å². The first-order chi connectivity index (χ1) is 15.0. The molecular formula is C24H30Cl2N2O3. The van der Waals surface area contributed by atoms with Crippen molar-refractivity contribution in [2.45, 2.75) is 26.7 Å². The average molecular weight is 465 g/mol. The molecule has 1 amide bonds. The molecule has 7 heteroatoms. The van der Waals surface area contributed by atoms with Gasteiger partial charge >= 0.3 is 0 Å². The molecular weight excluding hydrogens is 435 g/mol. The number of nitrogens with one attached hydrogen (secondary N) is 1. The summed E-state index contributed by atoms with van der Waals surface area (Å²) in [6, 6.07) is 10.5. The molecule has 0 heterocycles. The molecule has 0 saturated heterocycles. The van der Waals surface area contributed by atoms with Crippen LogP contribution < -0.4 is 14.8 Å². The lowest BCUT2D eigenvalue weighted by Gasteiger charge is -2.21. The Morgan fingerprint density at radius 3 is 2.32 bits per heavy atom. The second-order valence-electron chi connectivity index (χ2n) is 7.01. The van der Waals surface area contributed by atoms with Crippen molar-refractivity contribution in [3.63, 3.8) is 0 Å². The highest BCUT2D eigenvalue weighted by atomic mass is 35.5. The molecule has 2 aromatic carbocycles. The lowest BCUT2D eigenvalue weighted by atomic mass is 10.2. The minimum Gasteiger partial charge on any atom is -0.493 e. The Labute approximate surface area is 194 Å². The van der Waals surface area contributed by atoms with Crippen LogP contribution in [0.4, 0.5) is 5.69 Å². The largest absolute Gasteiger partial charge is 0.493 e. The van der Waals surface area contributed by atoms with Crippen LogP contribution >= 0.6 is 23.2 Å². The van der Waals surface area contributed by atoms with Gasteiger partial charge in [0.15, 0.2) is 11.5 Å². The minimum absolute atomic E-state index is 0.302. The Bertz CT molecular complexity index is 861. The van der Waals surface area contributed by atoms with Gasteiger partial charge in [-0.1, -0.05) is 43.1 Å². The van der Waals surface area contributed by atoms with Crippen LogP contribution in [0.1, 0.15) is 32.3 Å². The second-order valence-corrected chi connectivity index (χ2v) is 7.83. The molecule has 2 rings (SSSR count). The first kappa shape index (κ1) is 25.1. The van der Waals surface area contributed by atoms with Crippen LogP contribution in [0.2, 0.25) is 10.0 Å². The summed E-state index contributed by atoms with van der Waals surface area (Å²) in [4.78, 5) is 14.7. The Balaban J connectivity index is 2.02. The SMILES string of the molecule is CCCN(CCC)CCOc1cc(NC(=O)C=Cc2c(Cl)cccc2Cl)ccc1OC. The minimum atomic E-state index is -0.302. The predicted octanol–water partition coefficient (Wildman–Crippen LogP) is 6.15. The van der Waals surface area contributed by atoms with Crippen LogP contribution in [0.5, 0.6) is 11.5 Å². The van der Waals surface area contributed by atoms with Gasteiger partial charge in [0.1, 0.15) is 6.61 Å². The topological polar surface area (TPSA) is 50.8 Å². The molecule has 0 aliphatic heterocycles. The van der Waals surface area contributed by atoms with E-state index in [1.165, 1.54) is 6.08 Å². The number of benzene rings is 2. The standard InChI is InChI=1S/C24H30Cl2N2O3/c1-4-13-28(14-5-2)15-16-31-23-17-18(9-11-22(23)30-3)27-24(29)12-10-19-20(25)7-6-8-21(19)26/h6-12,17H,4-5,13-16H2,1-3H3,(H,27,29). The second kappa shape index (κ2) is 13.3. The van der Waals surface area contributed by atoms with Gasteiger partial charge in [0, 0.05) is 40.0 Å². The van der Waals surface area contributed by atoms with E-state index in [-0.39, 0.29) is 5.91 Å². The Morgan fingerprint density at radius 2 is 1.71 bits per heavy atom. The molecule has 0 radical (unpaired) electrons. The molecule has 0 atom stereocenters. The van der Waals surface area contributed by atoms with Crippen molar-refractivity contribution in [1.82, 2.24) is 4.90 Å². The molecule has 5 nitrogen and oxygen atoms in total. The summed E-state index contributed by atoms with van der Waals surface area (Å²) in [6.45, 7) is 7.82. The number of hydrogen-bond donors (Lipinski definition) is 1. The highest BCUT2D eigenvalue weighted by Crippen LogP contribution is 2.30. The summed E-state index contributed by atoms with van der Waals surface area (Å²) in [7, 11) is 1.59. The Morgan fingerprint density at radius 1 is 1.03 bits per heavy atom. The molecule has 0 fully saturated rings. The summed E-state index contributed by atoms with van der Waals surface area (Å²) in [5.74, 6) is 0.907. The van der Waals surface area contributed by atoms with E-state index in [2.05, 4.69) is 24.1 Å². The van der Waals surface area contributed by atoms with Crippen molar-refractivity contribution >= 4 is 40.9 Å². The lowest BCUT2D eigenvalue weighted by molar-refractivity contribution is -0.111. The van der Waals surface area contributed by atoms with E-state index < -0.39 is 0 Å². The number of ether oxygens (including phenoxy) is 2. The average Bonchev–Trinajstić information content (AvgIpc) is 2.74. The molecule has 0 aliphatic rings. The van der Waals surface area contributed by atoms with Crippen molar-refractivity contribution in [1.29, 1.82) is 0 Å². The van der Waals surface area contributed by atoms with E-state index in [0.717, 1.165) is 32.5 Å². The van der Waals surface area contributed by atoms with Crippen LogP contribution in [0.3, 0.4) is 0 Å². The normalized spacial score (nSPS) is 11.2. The molecule has 0 saturated carbocycles. The molecule has 0 aromatic heterocycles. The smallest absolute Gasteiger partial charge is 0.248 e. The van der Waals surface area contributed by atoms with Crippen molar-refractivity contribution in [2.24, 2.45) is 0 Å². The number of nitrogens with zero attached hydrogens (tertiary/aromatic N) is 1. The summed E-state index contributed by atoms with van der Waals surface area (Å²) in [5, 5.41) is 3.79. The zero-order valence-electron chi connectivity index (χ0n) is 18.3. The van der Waals surface area contributed by atoms with Crippen molar-refractivity contribution < 1.29 is 14.3 Å². The number of anilines is 1. The number of halogens is 2. The van der Waals surface area contributed by atoms with Gasteiger partial charge in [-0.25, -0.2) is 0 Å². The van der Waals surface area contributed by atoms with E-state index in [1.54, 1.807) is 49.6 Å². The maximum absolute atomic E-state index is 12.4. The fourth-order valence-electron chi connectivity index (χ4n) is 3.13. The van der Waals surface area contributed by atoms with E-state index in [9.17, 15) is 4.79 Å². The number of amides is 1. The highest BCUT2D eigenvalue weighted by molar-refractivity contribution is 6.37. The third-order valence-corrected chi connectivity index (χ3v) is 5.24. The van der Waals surface area contributed by atoms with Crippen LogP contribution in [0.15, 0.2) is 42.5 Å². The lowest BCUT2D eigenvalue weighted by Crippen LogP contribution is -2.30. The van der Waals surface area contributed by atoms with Gasteiger partial charge in [-0.15, -0.1) is 0 Å². The molecule has 168 valence electrons. The summed E-state index contributed by atoms with van der Waals surface area (Å²) < 4.78 is 11.4. The van der Waals surface area contributed by atoms with Crippen LogP contribution in [-0.2, 0) is 4.79 Å². The fraction of sp³-hybridized carbons (Fsp3) is 0.375. The summed E-state index contributed by atoms with van der Waals surface area (Å²) >= 11 is 12.3. The molecule has 0 bridgehead atoms. The number of hydrogen-bond acceptors (Lipinski definition) is 4. The molecule has 2 aromatic rings. The van der Waals surface area contributed by atoms with Gasteiger partial charge in [0.05, 0.1) is 7.11 Å². The number of carbonyl (C=O) groups excluding carboxylic acids is 1. The number of methoxy groups -OCH3 is 1. The third-order valence-electron chi connectivity index (χ3n) is 4.58. The zero-order valence-corrected chi connectivity index (χ0v) is 19.8. The van der Waals surface area contributed by atoms with E-state index in [1.807, 2.05) is 0 Å². The molecule has 0 aliphatic carbocycles. The summed E-state index contributed by atoms with van der Waals surface area (Å²) in [6.07, 6.45) is 5.21. The Kier molecular flexibility index (Phi) is 10.7. The predicted molar refractivity (Wildman–Crippen MR) is 130 cm³/mol. The van der Waals surface area contributed by atoms with Crippen molar-refractivity contribution in [3.05, 3.63) is 58.1 Å². The van der Waals surface area contributed by atoms with E-state index in [4.69, 9.17) is 32.7 Å². The first-order valence-electron chi connectivity index (χ1n) is 10.4. The number of carbonyl (C=O) groups is 1. The fourth-order valence-corrected chi connectivity index (χ4v) is 3.66. The molecule has 1 N–H and O–H groups in total. The van der Waals surface area contributed by atoms with Gasteiger partial charge < -0.3 is 14.8 Å². The molecule has 31 heavy (non-hydrogen) atoms. The van der Waals surface area contributed by atoms with Crippen LogP contribution in [0.25, 0.3) is 6.08 Å². The first-order valence-corrected chi connectivity index (χ1v) is 11.2. The van der Waals surface area contributed by atoms with Gasteiger partial charge in [-0.05, 0) is 56.3 Å². The maximum Gasteiger partial charge on any atom is 0.248 e.